The molecule has 1 aromatic heterocycles. The monoisotopic (exact) mass is 491 g/mol. The van der Waals surface area contributed by atoms with Gasteiger partial charge in [0.25, 0.3) is 11.8 Å². The maximum Gasteiger partial charge on any atom is 0.276 e. The number of hydroxylamine groups is 1. The van der Waals surface area contributed by atoms with Gasteiger partial charge in [0.1, 0.15) is 0 Å². The van der Waals surface area contributed by atoms with Crippen LogP contribution in [0.25, 0.3) is 10.9 Å². The van der Waals surface area contributed by atoms with E-state index in [0.29, 0.717) is 17.5 Å². The molecule has 2 amide bonds. The van der Waals surface area contributed by atoms with E-state index in [1.54, 1.807) is 17.6 Å². The van der Waals surface area contributed by atoms with E-state index in [9.17, 15) is 9.59 Å². The van der Waals surface area contributed by atoms with Crippen molar-refractivity contribution >= 4 is 34.3 Å². The lowest BCUT2D eigenvalue weighted by Gasteiger charge is -2.56. The fourth-order valence-corrected chi connectivity index (χ4v) is 7.74. The summed E-state index contributed by atoms with van der Waals surface area (Å²) >= 11 is 6.22. The van der Waals surface area contributed by atoms with Crippen molar-refractivity contribution in [3.8, 4) is 0 Å². The number of rotatable bonds is 6. The van der Waals surface area contributed by atoms with Crippen molar-refractivity contribution in [3.63, 3.8) is 0 Å². The normalized spacial score (nSPS) is 26.7. The first-order valence-electron chi connectivity index (χ1n) is 12.5. The van der Waals surface area contributed by atoms with E-state index in [1.165, 1.54) is 38.5 Å². The first-order valence-corrected chi connectivity index (χ1v) is 12.9. The number of nitrogens with one attached hydrogen (secondary N) is 2. The van der Waals surface area contributed by atoms with Gasteiger partial charge in [-0.15, -0.1) is 0 Å². The molecule has 6 nitrogen and oxygen atoms in total. The Bertz CT molecular complexity index is 1280. The maximum absolute atomic E-state index is 13.0. The Hall–Kier alpha value is -2.83. The highest BCUT2D eigenvalue weighted by Gasteiger charge is 2.50. The highest BCUT2D eigenvalue weighted by atomic mass is 35.5. The van der Waals surface area contributed by atoms with Gasteiger partial charge in [-0.05, 0) is 104 Å². The van der Waals surface area contributed by atoms with E-state index in [1.807, 2.05) is 36.5 Å². The second-order valence-corrected chi connectivity index (χ2v) is 11.5. The van der Waals surface area contributed by atoms with Crippen LogP contribution in [0, 0.1) is 23.2 Å². The van der Waals surface area contributed by atoms with Crippen molar-refractivity contribution in [1.29, 1.82) is 0 Å². The minimum absolute atomic E-state index is 0.0138. The Morgan fingerprint density at radius 2 is 1.69 bits per heavy atom. The first-order chi connectivity index (χ1) is 16.9. The van der Waals surface area contributed by atoms with Crippen LogP contribution in [0.15, 0.2) is 48.7 Å². The Kier molecular flexibility index (Phi) is 5.61. The van der Waals surface area contributed by atoms with E-state index in [4.69, 9.17) is 16.8 Å². The van der Waals surface area contributed by atoms with Crippen molar-refractivity contribution < 1.29 is 14.8 Å². The Balaban J connectivity index is 1.14. The summed E-state index contributed by atoms with van der Waals surface area (Å²) in [4.78, 5) is 24.7. The summed E-state index contributed by atoms with van der Waals surface area (Å²) in [5, 5.41) is 13.4. The summed E-state index contributed by atoms with van der Waals surface area (Å²) in [6, 6.07) is 13.0. The molecule has 4 fully saturated rings. The van der Waals surface area contributed by atoms with E-state index in [2.05, 4.69) is 9.88 Å². The van der Waals surface area contributed by atoms with Gasteiger partial charge in [-0.2, -0.15) is 0 Å². The number of carbonyl (C=O) groups excluding carboxylic acids is 2. The molecule has 4 aliphatic carbocycles. The highest BCUT2D eigenvalue weighted by Crippen LogP contribution is 2.59. The van der Waals surface area contributed by atoms with Crippen LogP contribution in [0.3, 0.4) is 0 Å². The zero-order valence-electron chi connectivity index (χ0n) is 19.6. The quantitative estimate of drug-likeness (QED) is 0.318. The number of carbonyl (C=O) groups is 2. The first kappa shape index (κ1) is 22.6. The minimum Gasteiger partial charge on any atom is -0.351 e. The Morgan fingerprint density at radius 1 is 0.971 bits per heavy atom. The standard InChI is InChI=1S/C28H30ClN3O3/c29-24-10-17(1-3-23(24)27(34)31-35)15-32-6-5-21-11-22(2-4-25(21)32)26(33)30-16-28-12-18-7-19(13-28)9-20(8-18)14-28/h1-6,10-11,18-20,35H,7-9,12-16H2,(H,30,33)(H,31,34). The number of hydrogen-bond acceptors (Lipinski definition) is 3. The second kappa shape index (κ2) is 8.68. The molecular weight excluding hydrogens is 462 g/mol. The van der Waals surface area contributed by atoms with Crippen LogP contribution in [-0.2, 0) is 6.54 Å². The molecule has 3 aromatic rings. The number of amides is 2. The molecular formula is C28H30ClN3O3. The molecule has 0 atom stereocenters. The van der Waals surface area contributed by atoms with Crippen molar-refractivity contribution in [1.82, 2.24) is 15.4 Å². The lowest BCUT2D eigenvalue weighted by atomic mass is 9.49. The molecule has 0 aliphatic heterocycles. The Labute approximate surface area is 209 Å². The van der Waals surface area contributed by atoms with Gasteiger partial charge in [-0.25, -0.2) is 5.48 Å². The maximum atomic E-state index is 13.0. The van der Waals surface area contributed by atoms with Crippen LogP contribution < -0.4 is 10.8 Å². The molecule has 0 unspecified atom stereocenters. The van der Waals surface area contributed by atoms with Gasteiger partial charge >= 0.3 is 0 Å². The van der Waals surface area contributed by atoms with Crippen LogP contribution in [0.1, 0.15) is 64.8 Å². The molecule has 7 rings (SSSR count). The predicted octanol–water partition coefficient (Wildman–Crippen LogP) is 5.41. The summed E-state index contributed by atoms with van der Waals surface area (Å²) in [6.07, 6.45) is 10.1. The van der Waals surface area contributed by atoms with E-state index in [0.717, 1.165) is 40.8 Å². The van der Waals surface area contributed by atoms with Crippen LogP contribution in [-0.4, -0.2) is 28.1 Å². The average molecular weight is 492 g/mol. The molecule has 4 aliphatic rings. The topological polar surface area (TPSA) is 83.4 Å². The van der Waals surface area contributed by atoms with Gasteiger partial charge < -0.3 is 9.88 Å². The minimum atomic E-state index is -0.637. The molecule has 2 aromatic carbocycles. The Morgan fingerprint density at radius 3 is 2.34 bits per heavy atom. The highest BCUT2D eigenvalue weighted by molar-refractivity contribution is 6.33. The molecule has 0 saturated heterocycles. The van der Waals surface area contributed by atoms with E-state index in [-0.39, 0.29) is 16.5 Å². The van der Waals surface area contributed by atoms with Gasteiger partial charge in [0.2, 0.25) is 0 Å². The van der Waals surface area contributed by atoms with Gasteiger partial charge in [-0.1, -0.05) is 17.7 Å². The fraction of sp³-hybridized carbons (Fsp3) is 0.429. The van der Waals surface area contributed by atoms with Gasteiger partial charge in [0.15, 0.2) is 0 Å². The second-order valence-electron chi connectivity index (χ2n) is 11.1. The summed E-state index contributed by atoms with van der Waals surface area (Å²) in [7, 11) is 0. The number of hydrogen-bond donors (Lipinski definition) is 3. The molecule has 1 heterocycles. The third kappa shape index (κ3) is 4.23. The van der Waals surface area contributed by atoms with Crippen LogP contribution in [0.5, 0.6) is 0 Å². The summed E-state index contributed by atoms with van der Waals surface area (Å²) < 4.78 is 2.09. The molecule has 4 saturated carbocycles. The zero-order chi connectivity index (χ0) is 24.2. The molecule has 0 radical (unpaired) electrons. The molecule has 4 bridgehead atoms. The average Bonchev–Trinajstić information content (AvgIpc) is 3.23. The zero-order valence-corrected chi connectivity index (χ0v) is 20.4. The van der Waals surface area contributed by atoms with Gasteiger partial charge in [-0.3, -0.25) is 14.8 Å². The van der Waals surface area contributed by atoms with Crippen molar-refractivity contribution in [2.75, 3.05) is 6.54 Å². The lowest BCUT2D eigenvalue weighted by Crippen LogP contribution is -2.51. The molecule has 0 spiro atoms. The summed E-state index contributed by atoms with van der Waals surface area (Å²) in [5.41, 5.74) is 4.80. The molecule has 182 valence electrons. The number of fused-ring (bicyclic) bond motifs is 1. The third-order valence-corrected chi connectivity index (χ3v) is 8.87. The van der Waals surface area contributed by atoms with Crippen LogP contribution >= 0.6 is 11.6 Å². The molecule has 35 heavy (non-hydrogen) atoms. The van der Waals surface area contributed by atoms with Crippen molar-refractivity contribution in [2.45, 2.75) is 45.1 Å². The predicted molar refractivity (Wildman–Crippen MR) is 135 cm³/mol. The molecule has 7 heteroatoms. The van der Waals surface area contributed by atoms with Crippen LogP contribution in [0.4, 0.5) is 0 Å². The van der Waals surface area contributed by atoms with E-state index < -0.39 is 5.91 Å². The van der Waals surface area contributed by atoms with Crippen molar-refractivity contribution in [3.05, 3.63) is 70.4 Å². The number of benzene rings is 2. The summed E-state index contributed by atoms with van der Waals surface area (Å²) in [5.74, 6) is 2.02. The third-order valence-electron chi connectivity index (χ3n) is 8.55. The SMILES string of the molecule is O=C(NCC12CC3CC(CC(C3)C1)C2)c1ccc2c(ccn2Cc2ccc(C(=O)NO)c(Cl)c2)c1. The van der Waals surface area contributed by atoms with Crippen LogP contribution in [0.2, 0.25) is 5.02 Å². The smallest absolute Gasteiger partial charge is 0.276 e. The number of nitrogens with zero attached hydrogens (tertiary/aromatic N) is 1. The largest absolute Gasteiger partial charge is 0.351 e. The van der Waals surface area contributed by atoms with E-state index >= 15 is 0 Å². The lowest BCUT2D eigenvalue weighted by molar-refractivity contribution is -0.0503. The number of halogens is 1. The van der Waals surface area contributed by atoms with Gasteiger partial charge in [0.05, 0.1) is 10.6 Å². The fourth-order valence-electron chi connectivity index (χ4n) is 7.45. The van der Waals surface area contributed by atoms with Gasteiger partial charge in [0, 0.05) is 35.8 Å². The molecule has 3 N–H and O–H groups in total. The number of aromatic nitrogens is 1. The van der Waals surface area contributed by atoms with Crippen molar-refractivity contribution in [2.24, 2.45) is 23.2 Å². The summed E-state index contributed by atoms with van der Waals surface area (Å²) in [6.45, 7) is 1.38.